The van der Waals surface area contributed by atoms with Crippen LogP contribution >= 0.6 is 0 Å². The van der Waals surface area contributed by atoms with Gasteiger partial charge in [-0.25, -0.2) is 0 Å². The Kier molecular flexibility index (Phi) is 27.3. The smallest absolute Gasteiger partial charge is 0.313 e. The number of rotatable bonds is 30. The summed E-state index contributed by atoms with van der Waals surface area (Å²) in [6, 6.07) is 10.4. The van der Waals surface area contributed by atoms with Gasteiger partial charge >= 0.3 is 17.9 Å². The van der Waals surface area contributed by atoms with Gasteiger partial charge in [-0.05, 0) is 96.0 Å². The zero-order valence-corrected chi connectivity index (χ0v) is 35.1. The third kappa shape index (κ3) is 20.5. The molecule has 3 aliphatic heterocycles. The van der Waals surface area contributed by atoms with E-state index in [0.29, 0.717) is 0 Å². The second-order valence-electron chi connectivity index (χ2n) is 15.9. The van der Waals surface area contributed by atoms with Crippen LogP contribution in [0.15, 0.2) is 68.3 Å². The van der Waals surface area contributed by atoms with E-state index in [1.165, 1.54) is 82.6 Å². The summed E-state index contributed by atoms with van der Waals surface area (Å²) < 4.78 is 15.4. The molecular formula is C50H76O6. The number of unbranched alkanes of at least 4 members (excludes halogenated alkanes) is 16. The predicted molar refractivity (Wildman–Crippen MR) is 231 cm³/mol. The van der Waals surface area contributed by atoms with Crippen LogP contribution in [-0.4, -0.2) is 36.2 Å². The van der Waals surface area contributed by atoms with Crippen LogP contribution in [0, 0.1) is 30.1 Å². The number of allylic oxidation sites excluding steroid dienone is 3. The summed E-state index contributed by atoms with van der Waals surface area (Å²) in [5.41, 5.74) is 1.33. The van der Waals surface area contributed by atoms with Gasteiger partial charge in [-0.1, -0.05) is 126 Å². The molecule has 6 unspecified atom stereocenters. The molecule has 0 spiro atoms. The summed E-state index contributed by atoms with van der Waals surface area (Å²) in [6.45, 7) is 13.1. The molecule has 0 N–H and O–H groups in total. The maximum atomic E-state index is 11.6. The lowest BCUT2D eigenvalue weighted by atomic mass is 9.87. The summed E-state index contributed by atoms with van der Waals surface area (Å²) in [7, 11) is 0. The molecule has 0 bridgehead atoms. The predicted octanol–water partition coefficient (Wildman–Crippen LogP) is 12.8. The molecule has 312 valence electrons. The number of benzene rings is 1. The van der Waals surface area contributed by atoms with Gasteiger partial charge in [0, 0.05) is 6.42 Å². The van der Waals surface area contributed by atoms with Crippen molar-refractivity contribution in [1.29, 1.82) is 0 Å². The number of aryl methyl sites for hydroxylation is 1. The van der Waals surface area contributed by atoms with Crippen molar-refractivity contribution < 1.29 is 28.6 Å². The van der Waals surface area contributed by atoms with E-state index in [9.17, 15) is 14.4 Å². The van der Waals surface area contributed by atoms with Gasteiger partial charge in [-0.3, -0.25) is 14.4 Å². The SMILES string of the molecule is C#CCCCC1OC(=O)C1CCCCCCCC=C.C=CCCCCCCCC1C(=O)OC1C.C=CCCCCCCCC1C(=O)OC1CCc1ccccc1. The Morgan fingerprint density at radius 3 is 1.36 bits per heavy atom. The Hall–Kier alpha value is -3.59. The van der Waals surface area contributed by atoms with Gasteiger partial charge in [-0.15, -0.1) is 32.1 Å². The molecule has 0 aromatic heterocycles. The van der Waals surface area contributed by atoms with E-state index < -0.39 is 0 Å². The topological polar surface area (TPSA) is 78.9 Å². The van der Waals surface area contributed by atoms with Gasteiger partial charge in [0.25, 0.3) is 0 Å². The van der Waals surface area contributed by atoms with Crippen molar-refractivity contribution in [3.8, 4) is 12.3 Å². The van der Waals surface area contributed by atoms with Gasteiger partial charge in [0.1, 0.15) is 18.3 Å². The van der Waals surface area contributed by atoms with Gasteiger partial charge in [0.05, 0.1) is 17.8 Å². The maximum absolute atomic E-state index is 11.6. The number of terminal acetylenes is 1. The van der Waals surface area contributed by atoms with Crippen LogP contribution in [0.4, 0.5) is 0 Å². The highest BCUT2D eigenvalue weighted by atomic mass is 16.6. The first-order valence-corrected chi connectivity index (χ1v) is 22.3. The lowest BCUT2D eigenvalue weighted by molar-refractivity contribution is -0.186. The van der Waals surface area contributed by atoms with Crippen LogP contribution in [0.2, 0.25) is 0 Å². The van der Waals surface area contributed by atoms with Crippen molar-refractivity contribution in [2.24, 2.45) is 17.8 Å². The molecule has 3 heterocycles. The molecular weight excluding hydrogens is 697 g/mol. The number of esters is 3. The normalized spacial score (nSPS) is 21.8. The van der Waals surface area contributed by atoms with E-state index in [4.69, 9.17) is 20.6 Å². The monoisotopic (exact) mass is 773 g/mol. The second-order valence-corrected chi connectivity index (χ2v) is 15.9. The fourth-order valence-electron chi connectivity index (χ4n) is 7.66. The molecule has 6 atom stereocenters. The third-order valence-electron chi connectivity index (χ3n) is 11.3. The summed E-state index contributed by atoms with van der Waals surface area (Å²) in [5, 5.41) is 0. The molecule has 1 aromatic rings. The second kappa shape index (κ2) is 31.5. The number of cyclic esters (lactones) is 3. The molecule has 3 saturated heterocycles. The summed E-state index contributed by atoms with van der Waals surface area (Å²) >= 11 is 0. The number of ether oxygens (including phenoxy) is 3. The molecule has 1 aromatic carbocycles. The first kappa shape index (κ1) is 48.6. The summed E-state index contributed by atoms with van der Waals surface area (Å²) in [5.74, 6) is 3.14. The molecule has 6 heteroatoms. The van der Waals surface area contributed by atoms with Gasteiger partial charge in [0.2, 0.25) is 0 Å². The molecule has 3 aliphatic rings. The quantitative estimate of drug-likeness (QED) is 0.0255. The fraction of sp³-hybridized carbons (Fsp3) is 0.660. The number of carbonyl (C=O) groups excluding carboxylic acids is 3. The lowest BCUT2D eigenvalue weighted by Crippen LogP contribution is -2.45. The van der Waals surface area contributed by atoms with Crippen molar-refractivity contribution >= 4 is 17.9 Å². The summed E-state index contributed by atoms with van der Waals surface area (Å²) in [6.07, 6.45) is 41.2. The number of hydrogen-bond donors (Lipinski definition) is 0. The number of hydrogen-bond acceptors (Lipinski definition) is 6. The van der Waals surface area contributed by atoms with Crippen molar-refractivity contribution in [2.75, 3.05) is 0 Å². The average Bonchev–Trinajstić information content (AvgIpc) is 3.20. The van der Waals surface area contributed by atoms with Crippen LogP contribution in [0.25, 0.3) is 0 Å². The molecule has 0 amide bonds. The highest BCUT2D eigenvalue weighted by Gasteiger charge is 2.42. The Morgan fingerprint density at radius 2 is 0.946 bits per heavy atom. The van der Waals surface area contributed by atoms with Crippen LogP contribution < -0.4 is 0 Å². The molecule has 4 rings (SSSR count). The average molecular weight is 773 g/mol. The molecule has 3 fully saturated rings. The van der Waals surface area contributed by atoms with Crippen LogP contribution in [0.5, 0.6) is 0 Å². The highest BCUT2D eigenvalue weighted by molar-refractivity contribution is 5.79. The van der Waals surface area contributed by atoms with E-state index in [1.807, 2.05) is 31.2 Å². The zero-order chi connectivity index (χ0) is 40.6. The molecule has 0 aliphatic carbocycles. The minimum atomic E-state index is -0.00244. The number of carbonyl (C=O) groups is 3. The van der Waals surface area contributed by atoms with Crippen molar-refractivity contribution in [2.45, 2.75) is 192 Å². The van der Waals surface area contributed by atoms with Gasteiger partial charge < -0.3 is 14.2 Å². The fourth-order valence-corrected chi connectivity index (χ4v) is 7.66. The molecule has 6 nitrogen and oxygen atoms in total. The minimum absolute atomic E-state index is 0.00244. The standard InChI is InChI=1S/C20H28O2.C17H26O2.C13H22O2/c1-2-3-4-5-6-7-11-14-18-19(22-20(18)21)16-15-17-12-9-8-10-13-17;1-3-5-7-8-9-10-12-13-15-16(19-17(15)18)14-11-6-4-2;1-3-4-5-6-7-8-9-10-12-11(2)15-13(12)14/h2,8-10,12-13,18-19H,1,3-7,11,14-16H2;2-3,15-16H,1,5-14H2;3,11-12H,1,4-10H2,2H3. The van der Waals surface area contributed by atoms with Crippen LogP contribution in [0.3, 0.4) is 0 Å². The third-order valence-corrected chi connectivity index (χ3v) is 11.3. The first-order valence-electron chi connectivity index (χ1n) is 22.3. The van der Waals surface area contributed by atoms with Crippen molar-refractivity contribution in [3.05, 3.63) is 73.9 Å². The van der Waals surface area contributed by atoms with Gasteiger partial charge in [0.15, 0.2) is 0 Å². The van der Waals surface area contributed by atoms with E-state index in [-0.39, 0.29) is 54.0 Å². The van der Waals surface area contributed by atoms with Crippen LogP contribution in [0.1, 0.15) is 173 Å². The molecule has 0 radical (unpaired) electrons. The lowest BCUT2D eigenvalue weighted by Gasteiger charge is -2.35. The molecule has 0 saturated carbocycles. The van der Waals surface area contributed by atoms with Crippen molar-refractivity contribution in [3.63, 3.8) is 0 Å². The van der Waals surface area contributed by atoms with E-state index >= 15 is 0 Å². The van der Waals surface area contributed by atoms with Crippen LogP contribution in [-0.2, 0) is 35.0 Å². The summed E-state index contributed by atoms with van der Waals surface area (Å²) in [4.78, 5) is 34.0. The molecule has 56 heavy (non-hydrogen) atoms. The van der Waals surface area contributed by atoms with Crippen molar-refractivity contribution in [1.82, 2.24) is 0 Å². The van der Waals surface area contributed by atoms with E-state index in [1.54, 1.807) is 0 Å². The maximum Gasteiger partial charge on any atom is 0.313 e. The Bertz CT molecular complexity index is 1280. The highest BCUT2D eigenvalue weighted by Crippen LogP contribution is 2.32. The van der Waals surface area contributed by atoms with E-state index in [2.05, 4.69) is 49.9 Å². The first-order chi connectivity index (χ1) is 27.4. The minimum Gasteiger partial charge on any atom is -0.461 e. The van der Waals surface area contributed by atoms with E-state index in [0.717, 1.165) is 89.9 Å². The Balaban J connectivity index is 0.000000296. The van der Waals surface area contributed by atoms with Gasteiger partial charge in [-0.2, -0.15) is 0 Å². The Morgan fingerprint density at radius 1 is 0.536 bits per heavy atom. The zero-order valence-electron chi connectivity index (χ0n) is 35.1. The largest absolute Gasteiger partial charge is 0.461 e. The Labute approximate surface area is 341 Å².